The zero-order valence-electron chi connectivity index (χ0n) is 22.2. The van der Waals surface area contributed by atoms with Gasteiger partial charge < -0.3 is 19.7 Å². The second kappa shape index (κ2) is 10.7. The zero-order valence-corrected chi connectivity index (χ0v) is 23.0. The van der Waals surface area contributed by atoms with E-state index in [0.717, 1.165) is 17.5 Å². The molecule has 0 spiro atoms. The number of rotatable bonds is 5. The van der Waals surface area contributed by atoms with Crippen LogP contribution < -0.4 is 19.7 Å². The number of halogens is 3. The lowest BCUT2D eigenvalue weighted by atomic mass is 10.2. The van der Waals surface area contributed by atoms with Crippen molar-refractivity contribution in [1.82, 2.24) is 20.3 Å². The van der Waals surface area contributed by atoms with Crippen LogP contribution in [-0.2, 0) is 16.4 Å². The number of anilines is 2. The maximum atomic E-state index is 14.7. The van der Waals surface area contributed by atoms with Crippen LogP contribution in [-0.4, -0.2) is 54.5 Å². The van der Waals surface area contributed by atoms with E-state index >= 15 is 0 Å². The Morgan fingerprint density at radius 2 is 1.98 bits per heavy atom. The Balaban J connectivity index is 1.23. The van der Waals surface area contributed by atoms with Crippen molar-refractivity contribution in [1.29, 1.82) is 0 Å². The molecular weight excluding hydrogens is 575 g/mol. The first-order valence-electron chi connectivity index (χ1n) is 13.0. The molecule has 0 bridgehead atoms. The lowest BCUT2D eigenvalue weighted by Gasteiger charge is -2.29. The monoisotopic (exact) mass is 599 g/mol. The summed E-state index contributed by atoms with van der Waals surface area (Å²) in [6.07, 6.45) is 1.41. The molecular formula is C28H24F3N5O5S. The van der Waals surface area contributed by atoms with Crippen LogP contribution in [0.2, 0.25) is 0 Å². The van der Waals surface area contributed by atoms with E-state index in [0.29, 0.717) is 47.3 Å². The van der Waals surface area contributed by atoms with Gasteiger partial charge in [0.2, 0.25) is 15.3 Å². The average Bonchev–Trinajstić information content (AvgIpc) is 3.10. The third kappa shape index (κ3) is 5.06. The van der Waals surface area contributed by atoms with Gasteiger partial charge in [-0.2, -0.15) is 0 Å². The minimum Gasteiger partial charge on any atom is -0.489 e. The summed E-state index contributed by atoms with van der Waals surface area (Å²) in [6.45, 7) is 1.86. The van der Waals surface area contributed by atoms with Gasteiger partial charge in [-0.1, -0.05) is 0 Å². The summed E-state index contributed by atoms with van der Waals surface area (Å²) in [6, 6.07) is 8.69. The van der Waals surface area contributed by atoms with Crippen LogP contribution in [0.25, 0.3) is 10.9 Å². The Hall–Kier alpha value is -4.46. The number of hydrogen-bond donors (Lipinski definition) is 1. The molecule has 0 saturated carbocycles. The Morgan fingerprint density at radius 1 is 1.14 bits per heavy atom. The van der Waals surface area contributed by atoms with E-state index in [9.17, 15) is 26.4 Å². The van der Waals surface area contributed by atoms with Crippen LogP contribution in [0.1, 0.15) is 41.1 Å². The lowest BCUT2D eigenvalue weighted by Crippen LogP contribution is -2.30. The topological polar surface area (TPSA) is 124 Å². The first-order valence-corrected chi connectivity index (χ1v) is 14.6. The smallest absolute Gasteiger partial charge is 0.251 e. The Morgan fingerprint density at radius 3 is 2.79 bits per heavy atom. The molecule has 1 N–H and O–H groups in total. The van der Waals surface area contributed by atoms with Crippen LogP contribution in [0, 0.1) is 5.82 Å². The van der Waals surface area contributed by atoms with E-state index in [1.807, 2.05) is 11.0 Å². The summed E-state index contributed by atoms with van der Waals surface area (Å²) in [5, 5.41) is 3.31. The summed E-state index contributed by atoms with van der Waals surface area (Å²) in [5.41, 5.74) is -1.17. The molecule has 10 nitrogen and oxygen atoms in total. The molecule has 1 aromatic carbocycles. The largest absolute Gasteiger partial charge is 0.489 e. The number of benzene rings is 1. The highest BCUT2D eigenvalue weighted by Gasteiger charge is 2.35. The Bertz CT molecular complexity index is 1820. The van der Waals surface area contributed by atoms with Crippen LogP contribution in [0.5, 0.6) is 11.5 Å². The molecule has 0 fully saturated rings. The molecule has 218 valence electrons. The Kier molecular flexibility index (Phi) is 7.09. The molecule has 3 aromatic heterocycles. The normalized spacial score (nSPS) is 18.2. The number of ether oxygens (including phenoxy) is 2. The van der Waals surface area contributed by atoms with E-state index in [1.165, 1.54) is 13.1 Å². The molecule has 0 unspecified atom stereocenters. The van der Waals surface area contributed by atoms with Gasteiger partial charge in [0.25, 0.3) is 5.91 Å². The SMILES string of the molecule is C[C@@H](F)c1cnc2c(c1)OCCN2c1ccc2cnc(CNC(=O)c3cc(F)c4c(c3)S(=O)(=O)[C@@H](F)CCO4)cc2n1. The van der Waals surface area contributed by atoms with Crippen molar-refractivity contribution in [3.63, 3.8) is 0 Å². The molecule has 14 heteroatoms. The van der Waals surface area contributed by atoms with Gasteiger partial charge in [0, 0.05) is 35.3 Å². The second-order valence-corrected chi connectivity index (χ2v) is 11.8. The number of carbonyl (C=O) groups is 1. The number of aromatic nitrogens is 3. The molecule has 5 heterocycles. The molecule has 0 radical (unpaired) electrons. The van der Waals surface area contributed by atoms with Gasteiger partial charge in [0.05, 0.1) is 30.9 Å². The molecule has 6 rings (SSSR count). The molecule has 1 amide bonds. The van der Waals surface area contributed by atoms with E-state index in [-0.39, 0.29) is 18.7 Å². The molecule has 0 aliphatic carbocycles. The molecule has 2 aliphatic rings. The van der Waals surface area contributed by atoms with E-state index in [4.69, 9.17) is 14.5 Å². The van der Waals surface area contributed by atoms with E-state index in [1.54, 1.807) is 24.4 Å². The van der Waals surface area contributed by atoms with Gasteiger partial charge in [-0.05, 0) is 43.3 Å². The van der Waals surface area contributed by atoms with Crippen LogP contribution >= 0.6 is 0 Å². The quantitative estimate of drug-likeness (QED) is 0.353. The fraction of sp³-hybridized carbons (Fsp3) is 0.286. The number of carbonyl (C=O) groups excluding carboxylic acids is 1. The zero-order chi connectivity index (χ0) is 29.6. The number of hydrogen-bond acceptors (Lipinski definition) is 9. The summed E-state index contributed by atoms with van der Waals surface area (Å²) in [5.74, 6) is -0.909. The highest BCUT2D eigenvalue weighted by Crippen LogP contribution is 2.37. The maximum absolute atomic E-state index is 14.7. The summed E-state index contributed by atoms with van der Waals surface area (Å²) < 4.78 is 78.5. The van der Waals surface area contributed by atoms with Crippen LogP contribution in [0.15, 0.2) is 53.7 Å². The standard InChI is InChI=1S/C28H24F3N5O5S/c1-15(29)18-9-22-27(33-13-18)36(5-7-40-22)25-3-2-16-12-32-19(11-21(16)35-25)14-34-28(37)17-8-20(30)26-23(10-17)42(38,39)24(31)4-6-41-26/h2-3,8-13,15,24H,4-7,14H2,1H3,(H,34,37)/t15-,24-/m1/s1. The van der Waals surface area contributed by atoms with E-state index in [2.05, 4.69) is 15.3 Å². The number of fused-ring (bicyclic) bond motifs is 3. The van der Waals surface area contributed by atoms with Crippen LogP contribution in [0.3, 0.4) is 0 Å². The summed E-state index contributed by atoms with van der Waals surface area (Å²) in [7, 11) is -4.53. The predicted molar refractivity (Wildman–Crippen MR) is 146 cm³/mol. The Labute approximate surface area is 238 Å². The molecule has 4 aromatic rings. The number of alkyl halides is 2. The minimum atomic E-state index is -4.53. The van der Waals surface area contributed by atoms with Crippen molar-refractivity contribution in [2.75, 3.05) is 24.7 Å². The van der Waals surface area contributed by atoms with Gasteiger partial charge in [0.1, 0.15) is 23.5 Å². The van der Waals surface area contributed by atoms with Crippen molar-refractivity contribution >= 4 is 38.3 Å². The average molecular weight is 600 g/mol. The lowest BCUT2D eigenvalue weighted by molar-refractivity contribution is 0.0949. The van der Waals surface area contributed by atoms with Crippen molar-refractivity contribution in [2.45, 2.75) is 36.5 Å². The predicted octanol–water partition coefficient (Wildman–Crippen LogP) is 4.51. The molecule has 2 aliphatic heterocycles. The third-order valence-corrected chi connectivity index (χ3v) is 8.80. The summed E-state index contributed by atoms with van der Waals surface area (Å²) >= 11 is 0. The van der Waals surface area contributed by atoms with Crippen molar-refractivity contribution < 1.29 is 35.9 Å². The van der Waals surface area contributed by atoms with Gasteiger partial charge in [0.15, 0.2) is 23.1 Å². The first kappa shape index (κ1) is 27.7. The van der Waals surface area contributed by atoms with Gasteiger partial charge in [-0.25, -0.2) is 31.6 Å². The summed E-state index contributed by atoms with van der Waals surface area (Å²) in [4.78, 5) is 27.5. The second-order valence-electron chi connectivity index (χ2n) is 9.80. The van der Waals surface area contributed by atoms with Crippen molar-refractivity contribution in [2.24, 2.45) is 0 Å². The van der Waals surface area contributed by atoms with E-state index < -0.39 is 50.3 Å². The number of amides is 1. The minimum absolute atomic E-state index is 0.0828. The fourth-order valence-corrected chi connectivity index (χ4v) is 6.11. The highest BCUT2D eigenvalue weighted by molar-refractivity contribution is 7.92. The van der Waals surface area contributed by atoms with Gasteiger partial charge in [-0.15, -0.1) is 0 Å². The third-order valence-electron chi connectivity index (χ3n) is 6.97. The molecule has 2 atom stereocenters. The van der Waals surface area contributed by atoms with Gasteiger partial charge in [-0.3, -0.25) is 9.78 Å². The van der Waals surface area contributed by atoms with Gasteiger partial charge >= 0.3 is 0 Å². The molecule has 0 saturated heterocycles. The number of pyridine rings is 3. The number of nitrogens with zero attached hydrogens (tertiary/aromatic N) is 4. The first-order chi connectivity index (χ1) is 20.1. The number of sulfone groups is 1. The highest BCUT2D eigenvalue weighted by atomic mass is 32.2. The fourth-order valence-electron chi connectivity index (χ4n) is 4.72. The maximum Gasteiger partial charge on any atom is 0.251 e. The number of nitrogens with one attached hydrogen (secondary N) is 1. The van der Waals surface area contributed by atoms with Crippen LogP contribution in [0.4, 0.5) is 24.8 Å². The van der Waals surface area contributed by atoms with Crippen molar-refractivity contribution in [3.05, 3.63) is 71.4 Å². The molecule has 42 heavy (non-hydrogen) atoms. The van der Waals surface area contributed by atoms with Crippen molar-refractivity contribution in [3.8, 4) is 11.5 Å².